The number of hydrogen-bond acceptors (Lipinski definition) is 0. The third kappa shape index (κ3) is 30.2. The van der Waals surface area contributed by atoms with E-state index in [0.717, 1.165) is 5.92 Å². The molecule has 0 saturated heterocycles. The van der Waals surface area contributed by atoms with Gasteiger partial charge < -0.3 is 0 Å². The van der Waals surface area contributed by atoms with Crippen LogP contribution in [0.1, 0.15) is 86.5 Å². The normalized spacial score (nSPS) is 8.33. The molecule has 0 aliphatic carbocycles. The predicted molar refractivity (Wildman–Crippen MR) is 100 cm³/mol. The van der Waals surface area contributed by atoms with Gasteiger partial charge in [-0.25, -0.2) is 0 Å². The lowest BCUT2D eigenvalue weighted by Gasteiger charge is -2.14. The van der Waals surface area contributed by atoms with Crippen molar-refractivity contribution in [2.75, 3.05) is 12.8 Å². The summed E-state index contributed by atoms with van der Waals surface area (Å²) in [5, 5.41) is 0. The van der Waals surface area contributed by atoms with Crippen LogP contribution in [0.2, 0.25) is 0 Å². The van der Waals surface area contributed by atoms with Crippen molar-refractivity contribution in [1.82, 2.24) is 0 Å². The van der Waals surface area contributed by atoms with E-state index in [2.05, 4.69) is 32.3 Å². The van der Waals surface area contributed by atoms with Gasteiger partial charge in [-0.05, 0) is 18.5 Å². The van der Waals surface area contributed by atoms with Crippen LogP contribution in [0.15, 0.2) is 0 Å². The van der Waals surface area contributed by atoms with Crippen LogP contribution in [0.3, 0.4) is 0 Å². The fourth-order valence-electron chi connectivity index (χ4n) is 1.83. The number of unbranched alkanes of at least 4 members (excludes halogenated alkanes) is 1. The van der Waals surface area contributed by atoms with Crippen LogP contribution >= 0.6 is 18.5 Å². The molecule has 0 nitrogen and oxygen atoms in total. The Kier molecular flexibility index (Phi) is 54.6. The van der Waals surface area contributed by atoms with E-state index in [-0.39, 0.29) is 0 Å². The Labute approximate surface area is 124 Å². The van der Waals surface area contributed by atoms with Gasteiger partial charge in [-0.2, -0.15) is 0 Å². The SMILES string of the molecule is CC.CC.CCCC(CCC)CCCCP.CP. The minimum atomic E-state index is 1.02. The highest BCUT2D eigenvalue weighted by atomic mass is 31.0. The molecule has 2 atom stereocenters. The number of rotatable bonds is 8. The van der Waals surface area contributed by atoms with E-state index < -0.39 is 0 Å². The molecule has 0 fully saturated rings. The van der Waals surface area contributed by atoms with Crippen molar-refractivity contribution in [1.29, 1.82) is 0 Å². The second-order valence-corrected chi connectivity index (χ2v) is 4.31. The van der Waals surface area contributed by atoms with Gasteiger partial charge in [0.25, 0.3) is 0 Å². The summed E-state index contributed by atoms with van der Waals surface area (Å²) >= 11 is 0. The number of hydrogen-bond donors (Lipinski definition) is 0. The highest BCUT2D eigenvalue weighted by molar-refractivity contribution is 7.16. The minimum absolute atomic E-state index is 1.02. The largest absolute Gasteiger partial charge is 0.141 e. The molecule has 0 aliphatic rings. The van der Waals surface area contributed by atoms with E-state index in [4.69, 9.17) is 0 Å². The molecule has 2 unspecified atom stereocenters. The first-order valence-corrected chi connectivity index (χ1v) is 10.1. The Morgan fingerprint density at radius 1 is 0.722 bits per heavy atom. The third-order valence-corrected chi connectivity index (χ3v) is 2.87. The molecule has 2 heteroatoms. The van der Waals surface area contributed by atoms with Gasteiger partial charge in [-0.1, -0.05) is 86.7 Å². The maximum atomic E-state index is 2.82. The van der Waals surface area contributed by atoms with Gasteiger partial charge in [-0.15, -0.1) is 18.5 Å². The summed E-state index contributed by atoms with van der Waals surface area (Å²) in [6.45, 7) is 14.5. The van der Waals surface area contributed by atoms with Crippen LogP contribution in [0, 0.1) is 5.92 Å². The zero-order valence-electron chi connectivity index (χ0n) is 14.4. The van der Waals surface area contributed by atoms with Crippen molar-refractivity contribution in [3.8, 4) is 0 Å². The van der Waals surface area contributed by atoms with Crippen LogP contribution in [-0.2, 0) is 0 Å². The lowest BCUT2D eigenvalue weighted by Crippen LogP contribution is -1.99. The first-order valence-electron chi connectivity index (χ1n) is 8.12. The van der Waals surface area contributed by atoms with Gasteiger partial charge in [-0.3, -0.25) is 0 Å². The highest BCUT2D eigenvalue weighted by Crippen LogP contribution is 2.20. The Balaban J connectivity index is -0.000000141. The second-order valence-electron chi connectivity index (χ2n) is 3.73. The van der Waals surface area contributed by atoms with Crippen LogP contribution in [0.25, 0.3) is 0 Å². The first kappa shape index (κ1) is 27.2. The van der Waals surface area contributed by atoms with Crippen molar-refractivity contribution >= 4 is 18.5 Å². The molecule has 116 valence electrons. The van der Waals surface area contributed by atoms with Gasteiger partial charge in [0, 0.05) is 0 Å². The van der Waals surface area contributed by atoms with Crippen molar-refractivity contribution in [2.45, 2.75) is 86.5 Å². The average Bonchev–Trinajstić information content (AvgIpc) is 2.46. The molecule has 0 heterocycles. The van der Waals surface area contributed by atoms with E-state index in [0.29, 0.717) is 0 Å². The van der Waals surface area contributed by atoms with Gasteiger partial charge in [0.2, 0.25) is 0 Å². The summed E-state index contributed by atoms with van der Waals surface area (Å²) in [6, 6.07) is 0. The summed E-state index contributed by atoms with van der Waals surface area (Å²) < 4.78 is 0. The zero-order valence-corrected chi connectivity index (χ0v) is 16.7. The summed E-state index contributed by atoms with van der Waals surface area (Å²) in [7, 11) is 5.23. The Hall–Kier alpha value is 0.860. The molecule has 0 amide bonds. The molecule has 0 saturated carbocycles. The van der Waals surface area contributed by atoms with Gasteiger partial charge in [0.15, 0.2) is 0 Å². The molecule has 0 bridgehead atoms. The molecule has 0 rings (SSSR count). The van der Waals surface area contributed by atoms with Crippen LogP contribution in [0.4, 0.5) is 0 Å². The van der Waals surface area contributed by atoms with E-state index in [1.165, 1.54) is 51.1 Å². The van der Waals surface area contributed by atoms with E-state index >= 15 is 0 Å². The first-order chi connectivity index (χ1) is 8.85. The maximum absolute atomic E-state index is 2.82. The lowest BCUT2D eigenvalue weighted by atomic mass is 9.93. The Morgan fingerprint density at radius 2 is 1.11 bits per heavy atom. The molecule has 0 spiro atoms. The quantitative estimate of drug-likeness (QED) is 0.341. The molecule has 0 aromatic heterocycles. The molecule has 0 N–H and O–H groups in total. The highest BCUT2D eigenvalue weighted by Gasteiger charge is 2.05. The smallest absolute Gasteiger partial charge is 0.0381 e. The molecule has 0 aromatic rings. The maximum Gasteiger partial charge on any atom is -0.0381 e. The second kappa shape index (κ2) is 36.1. The van der Waals surface area contributed by atoms with Crippen LogP contribution in [0.5, 0.6) is 0 Å². The van der Waals surface area contributed by atoms with Gasteiger partial charge in [0.05, 0.1) is 0 Å². The standard InChI is InChI=1S/C11H25P.2C2H6.CH5P/c1-3-7-11(8-4-2)9-5-6-10-12;3*1-2/h11H,3-10,12H2,1-2H3;2*1-2H3;2H2,1H3. The van der Waals surface area contributed by atoms with Crippen LogP contribution < -0.4 is 0 Å². The monoisotopic (exact) mass is 296 g/mol. The molecular formula is C16H42P2. The summed E-state index contributed by atoms with van der Waals surface area (Å²) in [4.78, 5) is 0. The van der Waals surface area contributed by atoms with Crippen molar-refractivity contribution in [3.05, 3.63) is 0 Å². The van der Waals surface area contributed by atoms with Gasteiger partial charge in [0.1, 0.15) is 0 Å². The fraction of sp³-hybridized carbons (Fsp3) is 1.00. The molecule has 0 aromatic carbocycles. The van der Waals surface area contributed by atoms with E-state index in [1.54, 1.807) is 0 Å². The fourth-order valence-corrected chi connectivity index (χ4v) is 2.12. The molecular weight excluding hydrogens is 254 g/mol. The summed E-state index contributed by atoms with van der Waals surface area (Å²) in [5.41, 5.74) is 0. The molecule has 18 heavy (non-hydrogen) atoms. The third-order valence-electron chi connectivity index (χ3n) is 2.46. The van der Waals surface area contributed by atoms with E-state index in [9.17, 15) is 0 Å². The minimum Gasteiger partial charge on any atom is -0.141 e. The summed E-state index contributed by atoms with van der Waals surface area (Å²) in [6.07, 6.45) is 11.2. The zero-order chi connectivity index (χ0) is 15.2. The van der Waals surface area contributed by atoms with Crippen molar-refractivity contribution in [3.63, 3.8) is 0 Å². The Bertz CT molecular complexity index is 79.2. The van der Waals surface area contributed by atoms with Crippen molar-refractivity contribution < 1.29 is 0 Å². The van der Waals surface area contributed by atoms with Crippen LogP contribution in [-0.4, -0.2) is 12.8 Å². The average molecular weight is 296 g/mol. The molecule has 0 aliphatic heterocycles. The van der Waals surface area contributed by atoms with E-state index in [1.807, 2.05) is 34.4 Å². The van der Waals surface area contributed by atoms with Crippen molar-refractivity contribution in [2.24, 2.45) is 5.92 Å². The Morgan fingerprint density at radius 3 is 1.39 bits per heavy atom. The lowest BCUT2D eigenvalue weighted by molar-refractivity contribution is 0.399. The summed E-state index contributed by atoms with van der Waals surface area (Å²) in [5.74, 6) is 1.02. The molecule has 0 radical (unpaired) electrons. The topological polar surface area (TPSA) is 0 Å². The van der Waals surface area contributed by atoms with Gasteiger partial charge >= 0.3 is 0 Å². The predicted octanol–water partition coefficient (Wildman–Crippen LogP) is 6.79.